The van der Waals surface area contributed by atoms with Gasteiger partial charge in [0.15, 0.2) is 0 Å². The number of hydrogen-bond donors (Lipinski definition) is 1. The largest absolute Gasteiger partial charge is 0.416 e. The van der Waals surface area contributed by atoms with Gasteiger partial charge in [0.05, 0.1) is 16.1 Å². The minimum atomic E-state index is -4.49. The van der Waals surface area contributed by atoms with Crippen molar-refractivity contribution in [3.8, 4) is 0 Å². The Bertz CT molecular complexity index is 522. The molecule has 2 rings (SSSR count). The number of carbonyl (C=O) groups excluding carboxylic acids is 1. The Morgan fingerprint density at radius 1 is 1.24 bits per heavy atom. The molecule has 21 heavy (non-hydrogen) atoms. The molecule has 0 heterocycles. The van der Waals surface area contributed by atoms with Crippen LogP contribution < -0.4 is 5.32 Å². The molecule has 1 aliphatic carbocycles. The van der Waals surface area contributed by atoms with Crippen LogP contribution >= 0.6 is 11.6 Å². The maximum atomic E-state index is 12.7. The van der Waals surface area contributed by atoms with Crippen molar-refractivity contribution in [1.82, 2.24) is 5.32 Å². The van der Waals surface area contributed by atoms with Gasteiger partial charge in [-0.1, -0.05) is 18.5 Å². The fourth-order valence-corrected chi connectivity index (χ4v) is 2.75. The smallest absolute Gasteiger partial charge is 0.349 e. The normalized spacial score (nSPS) is 22.9. The average Bonchev–Trinajstić information content (AvgIpc) is 2.40. The molecule has 0 saturated heterocycles. The molecule has 1 fully saturated rings. The van der Waals surface area contributed by atoms with Crippen LogP contribution in [0.5, 0.6) is 0 Å². The van der Waals surface area contributed by atoms with E-state index in [1.165, 1.54) is 0 Å². The van der Waals surface area contributed by atoms with Gasteiger partial charge in [-0.15, -0.1) is 0 Å². The zero-order valence-electron chi connectivity index (χ0n) is 11.6. The molecule has 0 unspecified atom stereocenters. The molecule has 0 aliphatic heterocycles. The highest BCUT2D eigenvalue weighted by molar-refractivity contribution is 6.33. The molecule has 2 nitrogen and oxygen atoms in total. The second-order valence-electron chi connectivity index (χ2n) is 5.62. The van der Waals surface area contributed by atoms with E-state index in [0.29, 0.717) is 5.92 Å². The molecule has 1 aromatic carbocycles. The SMILES string of the molecule is C[C@H]1CC[C@H](NC(=O)c2cc(C(F)(F)F)ccc2Cl)CC1. The van der Waals surface area contributed by atoms with E-state index in [0.717, 1.165) is 43.9 Å². The fourth-order valence-electron chi connectivity index (χ4n) is 2.54. The lowest BCUT2D eigenvalue weighted by atomic mass is 9.87. The van der Waals surface area contributed by atoms with Gasteiger partial charge in [-0.25, -0.2) is 0 Å². The first-order valence-corrected chi connectivity index (χ1v) is 7.33. The van der Waals surface area contributed by atoms with E-state index in [2.05, 4.69) is 12.2 Å². The van der Waals surface area contributed by atoms with E-state index < -0.39 is 17.6 Å². The minimum absolute atomic E-state index is 0.0132. The van der Waals surface area contributed by atoms with Crippen molar-refractivity contribution in [1.29, 1.82) is 0 Å². The van der Waals surface area contributed by atoms with E-state index in [1.807, 2.05) is 0 Å². The minimum Gasteiger partial charge on any atom is -0.349 e. The van der Waals surface area contributed by atoms with Crippen LogP contribution in [0.25, 0.3) is 0 Å². The number of nitrogens with one attached hydrogen (secondary N) is 1. The molecule has 1 aromatic rings. The average molecular weight is 320 g/mol. The van der Waals surface area contributed by atoms with Crippen LogP contribution in [0.4, 0.5) is 13.2 Å². The Hall–Kier alpha value is -1.23. The standard InChI is InChI=1S/C15H17ClF3NO/c1-9-2-5-11(6-3-9)20-14(21)12-8-10(15(17,18)19)4-7-13(12)16/h4,7-9,11H,2-3,5-6H2,1H3,(H,20,21)/t9-,11-. The Balaban J connectivity index is 2.11. The summed E-state index contributed by atoms with van der Waals surface area (Å²) in [6.07, 6.45) is -0.755. The van der Waals surface area contributed by atoms with Crippen LogP contribution in [0.2, 0.25) is 5.02 Å². The summed E-state index contributed by atoms with van der Waals surface area (Å²) >= 11 is 5.85. The summed E-state index contributed by atoms with van der Waals surface area (Å²) in [5, 5.41) is 2.82. The van der Waals surface area contributed by atoms with Gasteiger partial charge in [-0.05, 0) is 49.8 Å². The van der Waals surface area contributed by atoms with E-state index in [4.69, 9.17) is 11.6 Å². The number of carbonyl (C=O) groups is 1. The third-order valence-electron chi connectivity index (χ3n) is 3.89. The van der Waals surface area contributed by atoms with Gasteiger partial charge < -0.3 is 5.32 Å². The maximum absolute atomic E-state index is 12.7. The third-order valence-corrected chi connectivity index (χ3v) is 4.22. The highest BCUT2D eigenvalue weighted by Gasteiger charge is 2.32. The van der Waals surface area contributed by atoms with Crippen LogP contribution in [0, 0.1) is 5.92 Å². The molecule has 0 bridgehead atoms. The van der Waals surface area contributed by atoms with Gasteiger partial charge >= 0.3 is 6.18 Å². The first kappa shape index (κ1) is 16.1. The summed E-state index contributed by atoms with van der Waals surface area (Å²) in [5.74, 6) is 0.0981. The topological polar surface area (TPSA) is 29.1 Å². The van der Waals surface area contributed by atoms with Gasteiger partial charge in [0.2, 0.25) is 0 Å². The van der Waals surface area contributed by atoms with Crippen molar-refractivity contribution in [2.75, 3.05) is 0 Å². The lowest BCUT2D eigenvalue weighted by Crippen LogP contribution is -2.37. The third kappa shape index (κ3) is 4.13. The predicted molar refractivity (Wildman–Crippen MR) is 75.3 cm³/mol. The quantitative estimate of drug-likeness (QED) is 0.843. The lowest BCUT2D eigenvalue weighted by molar-refractivity contribution is -0.137. The van der Waals surface area contributed by atoms with Crippen LogP contribution in [-0.2, 0) is 6.18 Å². The van der Waals surface area contributed by atoms with Crippen molar-refractivity contribution in [2.45, 2.75) is 44.8 Å². The Labute approximate surface area is 126 Å². The first-order chi connectivity index (χ1) is 9.77. The summed E-state index contributed by atoms with van der Waals surface area (Å²) in [5.41, 5.74) is -0.987. The van der Waals surface area contributed by atoms with Crippen LogP contribution in [0.15, 0.2) is 18.2 Å². The van der Waals surface area contributed by atoms with Crippen molar-refractivity contribution >= 4 is 17.5 Å². The van der Waals surface area contributed by atoms with Gasteiger partial charge in [0.25, 0.3) is 5.91 Å². The summed E-state index contributed by atoms with van der Waals surface area (Å²) < 4.78 is 38.1. The highest BCUT2D eigenvalue weighted by atomic mass is 35.5. The molecule has 6 heteroatoms. The highest BCUT2D eigenvalue weighted by Crippen LogP contribution is 2.32. The van der Waals surface area contributed by atoms with Crippen LogP contribution in [-0.4, -0.2) is 11.9 Å². The number of amides is 1. The molecular weight excluding hydrogens is 303 g/mol. The number of benzene rings is 1. The Kier molecular flexibility index (Phi) is 4.81. The number of rotatable bonds is 2. The second kappa shape index (κ2) is 6.26. The molecule has 1 saturated carbocycles. The van der Waals surface area contributed by atoms with Crippen LogP contribution in [0.1, 0.15) is 48.5 Å². The van der Waals surface area contributed by atoms with E-state index >= 15 is 0 Å². The summed E-state index contributed by atoms with van der Waals surface area (Å²) in [6, 6.07) is 2.81. The monoisotopic (exact) mass is 319 g/mol. The molecule has 0 aromatic heterocycles. The predicted octanol–water partition coefficient (Wildman–Crippen LogP) is 4.67. The van der Waals surface area contributed by atoms with Gasteiger partial charge in [-0.2, -0.15) is 13.2 Å². The van der Waals surface area contributed by atoms with Crippen molar-refractivity contribution < 1.29 is 18.0 Å². The zero-order chi connectivity index (χ0) is 15.6. The van der Waals surface area contributed by atoms with Crippen LogP contribution in [0.3, 0.4) is 0 Å². The second-order valence-corrected chi connectivity index (χ2v) is 6.03. The van der Waals surface area contributed by atoms with E-state index in [1.54, 1.807) is 0 Å². The molecule has 0 spiro atoms. The first-order valence-electron chi connectivity index (χ1n) is 6.95. The molecule has 0 atom stereocenters. The van der Waals surface area contributed by atoms with Gasteiger partial charge in [-0.3, -0.25) is 4.79 Å². The molecule has 1 aliphatic rings. The summed E-state index contributed by atoms with van der Waals surface area (Å²) in [7, 11) is 0. The molecule has 0 radical (unpaired) electrons. The van der Waals surface area contributed by atoms with Gasteiger partial charge in [0, 0.05) is 6.04 Å². The Morgan fingerprint density at radius 3 is 2.43 bits per heavy atom. The van der Waals surface area contributed by atoms with E-state index in [-0.39, 0.29) is 16.6 Å². The Morgan fingerprint density at radius 2 is 1.86 bits per heavy atom. The number of alkyl halides is 3. The van der Waals surface area contributed by atoms with Crippen molar-refractivity contribution in [3.05, 3.63) is 34.3 Å². The van der Waals surface area contributed by atoms with Crippen molar-refractivity contribution in [3.63, 3.8) is 0 Å². The maximum Gasteiger partial charge on any atom is 0.416 e. The van der Waals surface area contributed by atoms with Crippen molar-refractivity contribution in [2.24, 2.45) is 5.92 Å². The molecular formula is C15H17ClF3NO. The fraction of sp³-hybridized carbons (Fsp3) is 0.533. The molecule has 1 N–H and O–H groups in total. The van der Waals surface area contributed by atoms with Gasteiger partial charge in [0.1, 0.15) is 0 Å². The number of hydrogen-bond acceptors (Lipinski definition) is 1. The summed E-state index contributed by atoms with van der Waals surface area (Å²) in [4.78, 5) is 12.1. The summed E-state index contributed by atoms with van der Waals surface area (Å²) in [6.45, 7) is 2.15. The zero-order valence-corrected chi connectivity index (χ0v) is 12.4. The molecule has 116 valence electrons. The lowest BCUT2D eigenvalue weighted by Gasteiger charge is -2.27. The molecule has 1 amide bonds. The number of halogens is 4. The van der Waals surface area contributed by atoms with E-state index in [9.17, 15) is 18.0 Å².